The highest BCUT2D eigenvalue weighted by molar-refractivity contribution is 5.88. The van der Waals surface area contributed by atoms with Crippen molar-refractivity contribution in [3.63, 3.8) is 0 Å². The maximum atomic E-state index is 14.3. The fourth-order valence-electron chi connectivity index (χ4n) is 6.47. The molecular formula is C35H42O22. The second-order valence-corrected chi connectivity index (χ2v) is 13.5. The van der Waals surface area contributed by atoms with Crippen LogP contribution in [0.4, 0.5) is 0 Å². The van der Waals surface area contributed by atoms with Gasteiger partial charge in [-0.2, -0.15) is 0 Å². The summed E-state index contributed by atoms with van der Waals surface area (Å²) in [4.78, 5) is 26.0. The van der Waals surface area contributed by atoms with Gasteiger partial charge in [-0.15, -0.1) is 0 Å². The molecule has 3 aliphatic heterocycles. The third kappa shape index (κ3) is 8.50. The van der Waals surface area contributed by atoms with Gasteiger partial charge in [0.05, 0.1) is 13.2 Å². The van der Waals surface area contributed by atoms with E-state index in [1.807, 2.05) is 0 Å². The summed E-state index contributed by atoms with van der Waals surface area (Å²) in [5, 5.41) is 124. The number of aliphatic hydroxyl groups is 10. The van der Waals surface area contributed by atoms with Crippen molar-refractivity contribution in [3.8, 4) is 34.3 Å². The summed E-state index contributed by atoms with van der Waals surface area (Å²) in [7, 11) is 0. The van der Waals surface area contributed by atoms with Crippen molar-refractivity contribution in [1.29, 1.82) is 0 Å². The summed E-state index contributed by atoms with van der Waals surface area (Å²) in [5.74, 6) is -3.26. The van der Waals surface area contributed by atoms with E-state index in [1.54, 1.807) is 0 Å². The molecule has 22 nitrogen and oxygen atoms in total. The molecule has 3 aromatic rings. The molecule has 0 spiro atoms. The Bertz CT molecular complexity index is 1920. The number of carbonyl (C=O) groups is 1. The molecule has 0 bridgehead atoms. The van der Waals surface area contributed by atoms with Crippen LogP contribution in [0.1, 0.15) is 6.92 Å². The molecule has 57 heavy (non-hydrogen) atoms. The number of hydrogen-bond donors (Lipinski definition) is 12. The zero-order valence-electron chi connectivity index (χ0n) is 29.7. The molecule has 0 saturated carbocycles. The number of aliphatic hydroxyl groups excluding tert-OH is 10. The molecule has 0 amide bonds. The quantitative estimate of drug-likeness (QED) is 0.0813. The van der Waals surface area contributed by atoms with E-state index in [1.165, 1.54) is 24.3 Å². The third-order valence-corrected chi connectivity index (χ3v) is 9.61. The van der Waals surface area contributed by atoms with Crippen LogP contribution in [0.5, 0.6) is 23.0 Å². The number of hydrogen-bond acceptors (Lipinski definition) is 22. The number of phenolic OH excluding ortho intramolecular Hbond substituents is 2. The first kappa shape index (κ1) is 42.4. The van der Waals surface area contributed by atoms with Crippen LogP contribution in [0.2, 0.25) is 0 Å². The predicted molar refractivity (Wildman–Crippen MR) is 182 cm³/mol. The zero-order chi connectivity index (χ0) is 41.5. The first-order valence-electron chi connectivity index (χ1n) is 17.4. The lowest BCUT2D eigenvalue weighted by Gasteiger charge is -2.45. The van der Waals surface area contributed by atoms with Gasteiger partial charge in [0.15, 0.2) is 18.2 Å². The summed E-state index contributed by atoms with van der Waals surface area (Å²) in [6, 6.07) is 7.02. The highest BCUT2D eigenvalue weighted by atomic mass is 16.8. The first-order valence-corrected chi connectivity index (χ1v) is 17.4. The molecule has 2 aromatic carbocycles. The molecule has 0 unspecified atom stereocenters. The SMILES string of the molecule is CC(=O)OC[C@H]1O[C@@H](Oc2c(-c3ccc(O)cc3)oc3cc(O[C@@H]4O[C@H](CO)[C@@H](O)[C@H](O)[C@@H]4O)cc(O)c3c2=O)[C@H](O[C@H]2O[C@@H](CO)[C@H](O)[C@@H](O)[C@H]2O)[C@H](O)[C@H]1O. The molecule has 3 fully saturated rings. The number of fused-ring (bicyclic) bond motifs is 1. The number of phenols is 2. The monoisotopic (exact) mass is 814 g/mol. The second kappa shape index (κ2) is 17.3. The number of ether oxygens (including phenoxy) is 7. The molecule has 15 atom stereocenters. The van der Waals surface area contributed by atoms with Gasteiger partial charge >= 0.3 is 5.97 Å². The highest BCUT2D eigenvalue weighted by Gasteiger charge is 2.52. The molecule has 314 valence electrons. The van der Waals surface area contributed by atoms with Crippen LogP contribution in [0.15, 0.2) is 45.6 Å². The number of benzene rings is 2. The van der Waals surface area contributed by atoms with Crippen LogP contribution in [0.25, 0.3) is 22.3 Å². The topological polar surface area (TPSA) is 355 Å². The Kier molecular flexibility index (Phi) is 12.9. The second-order valence-electron chi connectivity index (χ2n) is 13.5. The molecule has 12 N–H and O–H groups in total. The molecule has 0 aliphatic carbocycles. The highest BCUT2D eigenvalue weighted by Crippen LogP contribution is 2.39. The predicted octanol–water partition coefficient (Wildman–Crippen LogP) is -4.38. The van der Waals surface area contributed by atoms with Gasteiger partial charge in [0.1, 0.15) is 102 Å². The maximum Gasteiger partial charge on any atom is 0.302 e. The molecule has 22 heteroatoms. The smallest absolute Gasteiger partial charge is 0.302 e. The average molecular weight is 815 g/mol. The fourth-order valence-corrected chi connectivity index (χ4v) is 6.47. The minimum absolute atomic E-state index is 0.0563. The van der Waals surface area contributed by atoms with Gasteiger partial charge in [-0.3, -0.25) is 9.59 Å². The van der Waals surface area contributed by atoms with Crippen molar-refractivity contribution in [2.24, 2.45) is 0 Å². The van der Waals surface area contributed by atoms with Crippen molar-refractivity contribution in [2.75, 3.05) is 19.8 Å². The minimum Gasteiger partial charge on any atom is -0.508 e. The molecule has 6 rings (SSSR count). The maximum absolute atomic E-state index is 14.3. The Morgan fingerprint density at radius 1 is 0.684 bits per heavy atom. The molecule has 3 saturated heterocycles. The van der Waals surface area contributed by atoms with Gasteiger partial charge in [0.25, 0.3) is 0 Å². The van der Waals surface area contributed by atoms with Crippen molar-refractivity contribution in [2.45, 2.75) is 99.0 Å². The Morgan fingerprint density at radius 3 is 1.84 bits per heavy atom. The Morgan fingerprint density at radius 2 is 1.25 bits per heavy atom. The largest absolute Gasteiger partial charge is 0.508 e. The van der Waals surface area contributed by atoms with Gasteiger partial charge in [-0.05, 0) is 24.3 Å². The van der Waals surface area contributed by atoms with Crippen LogP contribution in [0, 0.1) is 0 Å². The van der Waals surface area contributed by atoms with E-state index < -0.39 is 146 Å². The van der Waals surface area contributed by atoms with E-state index in [0.717, 1.165) is 19.1 Å². The van der Waals surface area contributed by atoms with Crippen LogP contribution in [0.3, 0.4) is 0 Å². The van der Waals surface area contributed by atoms with Crippen molar-refractivity contribution in [1.82, 2.24) is 0 Å². The van der Waals surface area contributed by atoms with Gasteiger partial charge in [-0.1, -0.05) is 0 Å². The van der Waals surface area contributed by atoms with Gasteiger partial charge in [0, 0.05) is 24.6 Å². The average Bonchev–Trinajstić information content (AvgIpc) is 3.18. The first-order chi connectivity index (χ1) is 27.0. The molecule has 4 heterocycles. The lowest BCUT2D eigenvalue weighted by atomic mass is 9.97. The van der Waals surface area contributed by atoms with Crippen molar-refractivity contribution >= 4 is 16.9 Å². The number of carbonyl (C=O) groups excluding carboxylic acids is 1. The van der Waals surface area contributed by atoms with Crippen molar-refractivity contribution in [3.05, 3.63) is 46.6 Å². The summed E-state index contributed by atoms with van der Waals surface area (Å²) < 4.78 is 45.0. The van der Waals surface area contributed by atoms with Crippen LogP contribution in [-0.4, -0.2) is 179 Å². The van der Waals surface area contributed by atoms with Gasteiger partial charge in [-0.25, -0.2) is 0 Å². The Labute approximate surface area is 320 Å². The minimum atomic E-state index is -2.04. The number of rotatable bonds is 11. The number of aromatic hydroxyl groups is 2. The summed E-state index contributed by atoms with van der Waals surface area (Å²) in [5.41, 5.74) is -1.43. The fraction of sp³-hybridized carbons (Fsp3) is 0.543. The third-order valence-electron chi connectivity index (χ3n) is 9.61. The molecule has 1 aromatic heterocycles. The van der Waals surface area contributed by atoms with E-state index in [9.17, 15) is 70.9 Å². The Balaban J connectivity index is 1.42. The van der Waals surface area contributed by atoms with E-state index in [2.05, 4.69) is 0 Å². The number of esters is 1. The zero-order valence-corrected chi connectivity index (χ0v) is 29.7. The van der Waals surface area contributed by atoms with E-state index in [4.69, 9.17) is 37.6 Å². The Hall–Kier alpha value is -4.24. The molecular weight excluding hydrogens is 772 g/mol. The normalized spacial score (nSPS) is 35.8. The summed E-state index contributed by atoms with van der Waals surface area (Å²) in [6.07, 6.45) is -27.0. The van der Waals surface area contributed by atoms with E-state index in [0.29, 0.717) is 0 Å². The van der Waals surface area contributed by atoms with Crippen LogP contribution in [-0.2, 0) is 28.5 Å². The van der Waals surface area contributed by atoms with Crippen LogP contribution < -0.4 is 14.9 Å². The molecule has 0 radical (unpaired) electrons. The lowest BCUT2D eigenvalue weighted by Crippen LogP contribution is -2.65. The van der Waals surface area contributed by atoms with Gasteiger partial charge < -0.3 is 98.9 Å². The van der Waals surface area contributed by atoms with Crippen molar-refractivity contribution < 1.29 is 104 Å². The van der Waals surface area contributed by atoms with Gasteiger partial charge in [0.2, 0.25) is 23.8 Å². The van der Waals surface area contributed by atoms with E-state index in [-0.39, 0.29) is 22.6 Å². The standard InChI is InChI=1S/C35H42O22/c1-11(38)50-10-19-23(43)27(47)32(57-34-29(49)26(46)22(42)18(9-37)54-34)35(55-19)56-31-24(44)20-15(40)6-14(51-33-28(48)25(45)21(41)17(8-36)53-33)7-16(20)52-30(31)12-2-4-13(39)5-3-12/h2-7,17-19,21-23,25-29,32-37,39-43,45-49H,8-10H2,1H3/t17-,18+,19-,21-,22+,23+,25+,26-,27-,28+,29-,32-,33-,34-,35+/m1/s1. The molecule has 3 aliphatic rings. The summed E-state index contributed by atoms with van der Waals surface area (Å²) >= 11 is 0. The lowest BCUT2D eigenvalue weighted by molar-refractivity contribution is -0.358. The summed E-state index contributed by atoms with van der Waals surface area (Å²) in [6.45, 7) is -1.22. The van der Waals surface area contributed by atoms with Crippen LogP contribution >= 0.6 is 0 Å². The van der Waals surface area contributed by atoms with E-state index >= 15 is 0 Å².